The Kier molecular flexibility index (Phi) is 6.30. The molecule has 9 heteroatoms. The van der Waals surface area contributed by atoms with Crippen molar-refractivity contribution in [2.45, 2.75) is 26.6 Å². The smallest absolute Gasteiger partial charge is 0.293 e. The third-order valence-corrected chi connectivity index (χ3v) is 4.27. The molecule has 0 unspecified atom stereocenters. The van der Waals surface area contributed by atoms with E-state index in [0.29, 0.717) is 48.7 Å². The van der Waals surface area contributed by atoms with Crippen molar-refractivity contribution < 1.29 is 14.3 Å². The molecule has 0 spiro atoms. The second-order valence-corrected chi connectivity index (χ2v) is 7.03. The summed E-state index contributed by atoms with van der Waals surface area (Å²) in [6.45, 7) is 7.24. The number of carbonyl (C=O) groups excluding carboxylic acids is 1. The lowest BCUT2D eigenvalue weighted by atomic mass is 10.4. The van der Waals surface area contributed by atoms with Crippen LogP contribution in [-0.2, 0) is 16.2 Å². The van der Waals surface area contributed by atoms with E-state index in [4.69, 9.17) is 21.7 Å². The van der Waals surface area contributed by atoms with Crippen molar-refractivity contribution in [3.05, 3.63) is 3.95 Å². The van der Waals surface area contributed by atoms with Crippen LogP contribution in [0.15, 0.2) is 0 Å². The zero-order chi connectivity index (χ0) is 16.1. The van der Waals surface area contributed by atoms with Crippen LogP contribution in [0.3, 0.4) is 0 Å². The van der Waals surface area contributed by atoms with E-state index in [1.807, 2.05) is 30.7 Å². The summed E-state index contributed by atoms with van der Waals surface area (Å²) >= 11 is 6.62. The van der Waals surface area contributed by atoms with Crippen LogP contribution in [0.2, 0.25) is 0 Å². The second-order valence-electron chi connectivity index (χ2n) is 5.45. The topological polar surface area (TPSA) is 59.8 Å². The van der Waals surface area contributed by atoms with Gasteiger partial charge >= 0.3 is 0 Å². The summed E-state index contributed by atoms with van der Waals surface area (Å²) < 4.78 is 13.1. The Bertz CT molecular complexity index is 552. The van der Waals surface area contributed by atoms with E-state index < -0.39 is 0 Å². The van der Waals surface area contributed by atoms with Gasteiger partial charge in [0.25, 0.3) is 5.19 Å². The van der Waals surface area contributed by atoms with Gasteiger partial charge in [-0.3, -0.25) is 9.69 Å². The fourth-order valence-corrected chi connectivity index (χ4v) is 3.09. The number of hydrogen-bond donors (Lipinski definition) is 0. The molecule has 0 N–H and O–H groups in total. The highest BCUT2D eigenvalue weighted by Gasteiger charge is 2.18. The summed E-state index contributed by atoms with van der Waals surface area (Å²) in [5.74, 6) is 0.103. The van der Waals surface area contributed by atoms with E-state index in [9.17, 15) is 4.79 Å². The first-order chi connectivity index (χ1) is 10.5. The zero-order valence-corrected chi connectivity index (χ0v) is 14.8. The molecule has 0 atom stereocenters. The monoisotopic (exact) mass is 346 g/mol. The zero-order valence-electron chi connectivity index (χ0n) is 13.2. The maximum atomic E-state index is 12.2. The third-order valence-electron chi connectivity index (χ3n) is 3.07. The number of ether oxygens (including phenoxy) is 2. The standard InChI is InChI=1S/C13H22N4O3S2/c1-10(2)20-12-14-17(13(21)22-12)9-15(3)8-11(18)16-4-6-19-7-5-16/h10H,4-9H2,1-3H3. The molecule has 0 aromatic carbocycles. The Morgan fingerprint density at radius 2 is 2.18 bits per heavy atom. The summed E-state index contributed by atoms with van der Waals surface area (Å²) in [5.41, 5.74) is 0. The van der Waals surface area contributed by atoms with Crippen LogP contribution in [0.4, 0.5) is 0 Å². The van der Waals surface area contributed by atoms with Crippen LogP contribution in [0.5, 0.6) is 5.19 Å². The summed E-state index contributed by atoms with van der Waals surface area (Å²) in [6.07, 6.45) is 0.0645. The van der Waals surface area contributed by atoms with Gasteiger partial charge in [-0.2, -0.15) is 0 Å². The Hall–Kier alpha value is -1.03. The van der Waals surface area contributed by atoms with Crippen LogP contribution in [0, 0.1) is 3.95 Å². The third kappa shape index (κ3) is 5.01. The molecule has 0 aliphatic carbocycles. The molecule has 0 bridgehead atoms. The molecule has 1 aliphatic rings. The van der Waals surface area contributed by atoms with Gasteiger partial charge in [-0.05, 0) is 44.4 Å². The predicted molar refractivity (Wildman–Crippen MR) is 86.7 cm³/mol. The van der Waals surface area contributed by atoms with Gasteiger partial charge in [-0.25, -0.2) is 4.68 Å². The van der Waals surface area contributed by atoms with E-state index >= 15 is 0 Å². The maximum Gasteiger partial charge on any atom is 0.293 e. The lowest BCUT2D eigenvalue weighted by Crippen LogP contribution is -2.45. The maximum absolute atomic E-state index is 12.2. The minimum Gasteiger partial charge on any atom is -0.466 e. The first-order valence-electron chi connectivity index (χ1n) is 7.24. The first kappa shape index (κ1) is 17.3. The Labute approximate surface area is 139 Å². The number of nitrogens with zero attached hydrogens (tertiary/aromatic N) is 4. The van der Waals surface area contributed by atoms with Crippen molar-refractivity contribution in [2.75, 3.05) is 39.9 Å². The fraction of sp³-hybridized carbons (Fsp3) is 0.769. The lowest BCUT2D eigenvalue weighted by Gasteiger charge is -2.28. The number of hydrogen-bond acceptors (Lipinski definition) is 7. The molecule has 1 aromatic heterocycles. The molecule has 1 saturated heterocycles. The number of amides is 1. The molecular formula is C13H22N4O3S2. The lowest BCUT2D eigenvalue weighted by molar-refractivity contribution is -0.136. The van der Waals surface area contributed by atoms with Crippen LogP contribution < -0.4 is 4.74 Å². The van der Waals surface area contributed by atoms with E-state index in [0.717, 1.165) is 0 Å². The minimum absolute atomic E-state index is 0.0645. The number of morpholine rings is 1. The minimum atomic E-state index is 0.0645. The van der Waals surface area contributed by atoms with Gasteiger partial charge in [-0.15, -0.1) is 5.10 Å². The molecule has 1 aliphatic heterocycles. The van der Waals surface area contributed by atoms with Crippen molar-refractivity contribution in [3.8, 4) is 5.19 Å². The molecule has 1 fully saturated rings. The average molecular weight is 346 g/mol. The van der Waals surface area contributed by atoms with E-state index in [2.05, 4.69) is 5.10 Å². The van der Waals surface area contributed by atoms with Crippen LogP contribution >= 0.6 is 23.6 Å². The van der Waals surface area contributed by atoms with Crippen molar-refractivity contribution in [1.29, 1.82) is 0 Å². The normalized spacial score (nSPS) is 15.6. The van der Waals surface area contributed by atoms with Gasteiger partial charge in [0.1, 0.15) is 0 Å². The predicted octanol–water partition coefficient (Wildman–Crippen LogP) is 1.21. The van der Waals surface area contributed by atoms with Crippen molar-refractivity contribution in [3.63, 3.8) is 0 Å². The van der Waals surface area contributed by atoms with Crippen molar-refractivity contribution >= 4 is 29.5 Å². The highest BCUT2D eigenvalue weighted by atomic mass is 32.1. The van der Waals surface area contributed by atoms with Gasteiger partial charge in [0.15, 0.2) is 3.95 Å². The molecule has 0 saturated carbocycles. The molecule has 2 heterocycles. The Morgan fingerprint density at radius 1 is 1.50 bits per heavy atom. The SMILES string of the molecule is CC(C)Oc1nn(CN(C)CC(=O)N2CCOCC2)c(=S)s1. The van der Waals surface area contributed by atoms with E-state index in [1.54, 1.807) is 4.68 Å². The van der Waals surface area contributed by atoms with Crippen molar-refractivity contribution in [2.24, 2.45) is 0 Å². The van der Waals surface area contributed by atoms with E-state index in [1.165, 1.54) is 11.3 Å². The highest BCUT2D eigenvalue weighted by molar-refractivity contribution is 7.73. The van der Waals surface area contributed by atoms with Crippen LogP contribution in [0.1, 0.15) is 13.8 Å². The largest absolute Gasteiger partial charge is 0.466 e. The summed E-state index contributed by atoms with van der Waals surface area (Å²) in [5, 5.41) is 4.89. The number of aromatic nitrogens is 2. The second kappa shape index (κ2) is 8.00. The molecule has 2 rings (SSSR count). The average Bonchev–Trinajstić information content (AvgIpc) is 2.78. The molecule has 7 nitrogen and oxygen atoms in total. The highest BCUT2D eigenvalue weighted by Crippen LogP contribution is 2.18. The fourth-order valence-electron chi connectivity index (χ4n) is 2.05. The van der Waals surface area contributed by atoms with Crippen LogP contribution in [0.25, 0.3) is 0 Å². The van der Waals surface area contributed by atoms with Crippen LogP contribution in [-0.4, -0.2) is 71.5 Å². The number of likely N-dealkylation sites (N-methyl/N-ethyl adjacent to an activating group) is 1. The molecule has 1 aromatic rings. The van der Waals surface area contributed by atoms with Gasteiger partial charge in [-0.1, -0.05) is 0 Å². The molecule has 1 amide bonds. The summed E-state index contributed by atoms with van der Waals surface area (Å²) in [7, 11) is 1.88. The quantitative estimate of drug-likeness (QED) is 0.722. The molecule has 124 valence electrons. The first-order valence-corrected chi connectivity index (χ1v) is 8.47. The molecule has 0 radical (unpaired) electrons. The summed E-state index contributed by atoms with van der Waals surface area (Å²) in [4.78, 5) is 15.9. The Morgan fingerprint density at radius 3 is 2.82 bits per heavy atom. The number of rotatable bonds is 6. The van der Waals surface area contributed by atoms with Gasteiger partial charge < -0.3 is 14.4 Å². The molecular weight excluding hydrogens is 324 g/mol. The number of carbonyl (C=O) groups is 1. The van der Waals surface area contributed by atoms with Gasteiger partial charge in [0.05, 0.1) is 32.5 Å². The van der Waals surface area contributed by atoms with Gasteiger partial charge in [0, 0.05) is 13.1 Å². The van der Waals surface area contributed by atoms with Gasteiger partial charge in [0.2, 0.25) is 5.91 Å². The summed E-state index contributed by atoms with van der Waals surface area (Å²) in [6, 6.07) is 0. The molecule has 22 heavy (non-hydrogen) atoms. The van der Waals surface area contributed by atoms with Crippen molar-refractivity contribution in [1.82, 2.24) is 19.6 Å². The Balaban J connectivity index is 1.88. The van der Waals surface area contributed by atoms with E-state index in [-0.39, 0.29) is 12.0 Å².